The summed E-state index contributed by atoms with van der Waals surface area (Å²) in [5.74, 6) is -1.41. The minimum absolute atomic E-state index is 0.0651. The molecule has 0 spiro atoms. The van der Waals surface area contributed by atoms with E-state index in [9.17, 15) is 19.5 Å². The first-order valence-corrected chi connectivity index (χ1v) is 11.8. The molecule has 2 amide bonds. The van der Waals surface area contributed by atoms with Crippen molar-refractivity contribution < 1.29 is 24.2 Å². The zero-order valence-electron chi connectivity index (χ0n) is 19.9. The number of aliphatic carboxylic acids is 1. The summed E-state index contributed by atoms with van der Waals surface area (Å²) in [6.45, 7) is 6.16. The maximum absolute atomic E-state index is 13.2. The van der Waals surface area contributed by atoms with Crippen LogP contribution in [0.15, 0.2) is 48.5 Å². The largest absolute Gasteiger partial charge is 0.481 e. The maximum Gasteiger partial charge on any atom is 0.407 e. The summed E-state index contributed by atoms with van der Waals surface area (Å²) in [7, 11) is 0. The number of piperidine rings is 1. The minimum Gasteiger partial charge on any atom is -0.481 e. The van der Waals surface area contributed by atoms with Gasteiger partial charge in [-0.2, -0.15) is 0 Å². The lowest BCUT2D eigenvalue weighted by Crippen LogP contribution is -2.56. The molecular formula is C27H32N2O5. The van der Waals surface area contributed by atoms with Gasteiger partial charge in [0, 0.05) is 19.0 Å². The van der Waals surface area contributed by atoms with Crippen LogP contribution in [0.4, 0.5) is 4.79 Å². The van der Waals surface area contributed by atoms with Gasteiger partial charge in [-0.05, 0) is 47.9 Å². The molecule has 2 aromatic rings. The fraction of sp³-hybridized carbons (Fsp3) is 0.444. The smallest absolute Gasteiger partial charge is 0.407 e. The topological polar surface area (TPSA) is 95.9 Å². The van der Waals surface area contributed by atoms with E-state index in [1.54, 1.807) is 11.8 Å². The standard InChI is InChI=1S/C27H32N2O5/c1-17(2)23(24(30)29-14-8-13-27(3,16-29)25(31)32)28-26(33)34-15-22-20-11-6-4-9-18(20)19-10-5-7-12-21(19)22/h4-7,9-12,17,22-23H,8,13-16H2,1-3H3,(H,28,33)(H,31,32)/t23-,27?/m1/s1. The van der Waals surface area contributed by atoms with E-state index in [2.05, 4.69) is 29.6 Å². The lowest BCUT2D eigenvalue weighted by molar-refractivity contribution is -0.154. The summed E-state index contributed by atoms with van der Waals surface area (Å²) in [5.41, 5.74) is 3.56. The second-order valence-corrected chi connectivity index (χ2v) is 9.92. The van der Waals surface area contributed by atoms with Gasteiger partial charge in [0.1, 0.15) is 12.6 Å². The van der Waals surface area contributed by atoms with Crippen molar-refractivity contribution in [3.05, 3.63) is 59.7 Å². The molecule has 0 radical (unpaired) electrons. The second-order valence-electron chi connectivity index (χ2n) is 9.92. The summed E-state index contributed by atoms with van der Waals surface area (Å²) < 4.78 is 5.62. The molecule has 2 N–H and O–H groups in total. The van der Waals surface area contributed by atoms with Crippen molar-refractivity contribution in [3.8, 4) is 11.1 Å². The van der Waals surface area contributed by atoms with Gasteiger partial charge in [-0.3, -0.25) is 9.59 Å². The number of hydrogen-bond donors (Lipinski definition) is 2. The van der Waals surface area contributed by atoms with Crippen LogP contribution in [-0.2, 0) is 14.3 Å². The quantitative estimate of drug-likeness (QED) is 0.666. The van der Waals surface area contributed by atoms with Crippen molar-refractivity contribution in [1.29, 1.82) is 0 Å². The van der Waals surface area contributed by atoms with Crippen molar-refractivity contribution in [2.24, 2.45) is 11.3 Å². The number of fused-ring (bicyclic) bond motifs is 3. The van der Waals surface area contributed by atoms with Crippen molar-refractivity contribution in [2.45, 2.75) is 45.6 Å². The molecule has 2 aromatic carbocycles. The number of hydrogen-bond acceptors (Lipinski definition) is 4. The number of nitrogens with one attached hydrogen (secondary N) is 1. The number of ether oxygens (including phenoxy) is 1. The molecule has 1 heterocycles. The molecule has 0 aromatic heterocycles. The van der Waals surface area contributed by atoms with Gasteiger partial charge in [0.25, 0.3) is 0 Å². The molecule has 2 atom stereocenters. The lowest BCUT2D eigenvalue weighted by Gasteiger charge is -2.39. The van der Waals surface area contributed by atoms with E-state index in [0.717, 1.165) is 22.3 Å². The van der Waals surface area contributed by atoms with Crippen LogP contribution in [0.3, 0.4) is 0 Å². The van der Waals surface area contributed by atoms with E-state index < -0.39 is 23.5 Å². The van der Waals surface area contributed by atoms with Crippen LogP contribution >= 0.6 is 0 Å². The molecule has 1 aliphatic carbocycles. The van der Waals surface area contributed by atoms with Crippen LogP contribution in [-0.4, -0.2) is 53.7 Å². The molecule has 0 bridgehead atoms. The van der Waals surface area contributed by atoms with Crippen molar-refractivity contribution >= 4 is 18.0 Å². The number of carboxylic acids is 1. The van der Waals surface area contributed by atoms with E-state index in [1.165, 1.54) is 0 Å². The summed E-state index contributed by atoms with van der Waals surface area (Å²) >= 11 is 0. The third-order valence-electron chi connectivity index (χ3n) is 7.07. The summed E-state index contributed by atoms with van der Waals surface area (Å²) in [6, 6.07) is 15.4. The molecule has 34 heavy (non-hydrogen) atoms. The van der Waals surface area contributed by atoms with Crippen LogP contribution in [0.25, 0.3) is 11.1 Å². The SMILES string of the molecule is CC(C)[C@@H](NC(=O)OCC1c2ccccc2-c2ccccc21)C(=O)N1CCCC(C)(C(=O)O)C1. The second kappa shape index (κ2) is 9.49. The molecule has 1 saturated heterocycles. The molecule has 180 valence electrons. The molecule has 1 fully saturated rings. The number of carboxylic acid groups (broad SMARTS) is 1. The van der Waals surface area contributed by atoms with Crippen molar-refractivity contribution in [1.82, 2.24) is 10.2 Å². The molecule has 2 aliphatic rings. The Kier molecular flexibility index (Phi) is 6.64. The van der Waals surface area contributed by atoms with Crippen LogP contribution in [0, 0.1) is 11.3 Å². The Labute approximate surface area is 200 Å². The van der Waals surface area contributed by atoms with Crippen LogP contribution in [0.5, 0.6) is 0 Å². The average Bonchev–Trinajstić information content (AvgIpc) is 3.14. The molecule has 1 unspecified atom stereocenters. The summed E-state index contributed by atoms with van der Waals surface area (Å²) in [5, 5.41) is 12.3. The number of carbonyl (C=O) groups excluding carboxylic acids is 2. The number of benzene rings is 2. The van der Waals surface area contributed by atoms with Crippen LogP contribution in [0.2, 0.25) is 0 Å². The van der Waals surface area contributed by atoms with E-state index in [0.29, 0.717) is 19.4 Å². The zero-order valence-corrected chi connectivity index (χ0v) is 19.9. The molecule has 1 aliphatic heterocycles. The number of likely N-dealkylation sites (tertiary alicyclic amines) is 1. The summed E-state index contributed by atoms with van der Waals surface area (Å²) in [4.78, 5) is 39.2. The molecule has 7 nitrogen and oxygen atoms in total. The van der Waals surface area contributed by atoms with Crippen molar-refractivity contribution in [3.63, 3.8) is 0 Å². The Morgan fingerprint density at radius 3 is 2.24 bits per heavy atom. The zero-order chi connectivity index (χ0) is 24.5. The third-order valence-corrected chi connectivity index (χ3v) is 7.07. The molecule has 4 rings (SSSR count). The number of rotatable bonds is 6. The van der Waals surface area contributed by atoms with Crippen LogP contribution in [0.1, 0.15) is 50.7 Å². The molecule has 0 saturated carbocycles. The predicted molar refractivity (Wildman–Crippen MR) is 128 cm³/mol. The van der Waals surface area contributed by atoms with Gasteiger partial charge in [-0.15, -0.1) is 0 Å². The van der Waals surface area contributed by atoms with Crippen LogP contribution < -0.4 is 5.32 Å². The highest BCUT2D eigenvalue weighted by atomic mass is 16.5. The van der Waals surface area contributed by atoms with Gasteiger partial charge in [0.05, 0.1) is 5.41 Å². The number of amides is 2. The van der Waals surface area contributed by atoms with E-state index >= 15 is 0 Å². The van der Waals surface area contributed by atoms with Gasteiger partial charge < -0.3 is 20.1 Å². The Hall–Kier alpha value is -3.35. The first kappa shape index (κ1) is 23.8. The number of alkyl carbamates (subject to hydrolysis) is 1. The third kappa shape index (κ3) is 4.52. The fourth-order valence-corrected chi connectivity index (χ4v) is 5.08. The Morgan fingerprint density at radius 1 is 1.09 bits per heavy atom. The van der Waals surface area contributed by atoms with Gasteiger partial charge in [0.2, 0.25) is 5.91 Å². The van der Waals surface area contributed by atoms with Gasteiger partial charge in [-0.25, -0.2) is 4.79 Å². The highest BCUT2D eigenvalue weighted by Crippen LogP contribution is 2.44. The first-order valence-electron chi connectivity index (χ1n) is 11.8. The van der Waals surface area contributed by atoms with Crippen molar-refractivity contribution in [2.75, 3.05) is 19.7 Å². The Balaban J connectivity index is 1.42. The highest BCUT2D eigenvalue weighted by Gasteiger charge is 2.41. The van der Waals surface area contributed by atoms with Gasteiger partial charge in [0.15, 0.2) is 0 Å². The van der Waals surface area contributed by atoms with Gasteiger partial charge in [-0.1, -0.05) is 62.4 Å². The summed E-state index contributed by atoms with van der Waals surface area (Å²) in [6.07, 6.45) is 0.495. The minimum atomic E-state index is -0.973. The first-order chi connectivity index (χ1) is 16.2. The maximum atomic E-state index is 13.2. The predicted octanol–water partition coefficient (Wildman–Crippen LogP) is 4.26. The Bertz CT molecular complexity index is 1050. The number of nitrogens with zero attached hydrogens (tertiary/aromatic N) is 1. The average molecular weight is 465 g/mol. The normalized spacial score (nSPS) is 20.4. The van der Waals surface area contributed by atoms with E-state index in [-0.39, 0.29) is 30.9 Å². The lowest BCUT2D eigenvalue weighted by atomic mass is 9.81. The molecular weight excluding hydrogens is 432 g/mol. The van der Waals surface area contributed by atoms with E-state index in [4.69, 9.17) is 4.74 Å². The monoisotopic (exact) mass is 464 g/mol. The molecule has 7 heteroatoms. The number of carbonyl (C=O) groups is 3. The highest BCUT2D eigenvalue weighted by molar-refractivity contribution is 5.87. The van der Waals surface area contributed by atoms with Gasteiger partial charge >= 0.3 is 12.1 Å². The Morgan fingerprint density at radius 2 is 1.68 bits per heavy atom. The fourth-order valence-electron chi connectivity index (χ4n) is 5.08. The van der Waals surface area contributed by atoms with E-state index in [1.807, 2.05) is 38.1 Å².